The lowest BCUT2D eigenvalue weighted by Gasteiger charge is -2.58. The molecule has 4 aliphatic carbocycles. The minimum absolute atomic E-state index is 0.0228. The van der Waals surface area contributed by atoms with Crippen LogP contribution in [0.25, 0.3) is 0 Å². The van der Waals surface area contributed by atoms with E-state index < -0.39 is 0 Å². The number of hydrogen-bond acceptors (Lipinski definition) is 3. The summed E-state index contributed by atoms with van der Waals surface area (Å²) in [6.07, 6.45) is 14.4. The van der Waals surface area contributed by atoms with E-state index in [-0.39, 0.29) is 23.8 Å². The topological polar surface area (TPSA) is 60.9 Å². The Kier molecular flexibility index (Phi) is 7.11. The zero-order valence-electron chi connectivity index (χ0n) is 23.5. The number of nitrogens with zero attached hydrogens (tertiary/aromatic N) is 2. The second kappa shape index (κ2) is 9.75. The summed E-state index contributed by atoms with van der Waals surface area (Å²) in [6.45, 7) is 8.84. The third kappa shape index (κ3) is 4.35. The van der Waals surface area contributed by atoms with Crippen molar-refractivity contribution in [2.75, 3.05) is 27.2 Å². The molecule has 202 valence electrons. The van der Waals surface area contributed by atoms with Crippen LogP contribution in [-0.2, 0) is 9.59 Å². The van der Waals surface area contributed by atoms with Crippen LogP contribution in [0.1, 0.15) is 91.4 Å². The Labute approximate surface area is 219 Å². The summed E-state index contributed by atoms with van der Waals surface area (Å²) in [6, 6.07) is 0. The van der Waals surface area contributed by atoms with Gasteiger partial charge in [0.2, 0.25) is 11.8 Å². The van der Waals surface area contributed by atoms with Gasteiger partial charge >= 0.3 is 0 Å². The van der Waals surface area contributed by atoms with Crippen molar-refractivity contribution in [1.82, 2.24) is 9.80 Å². The third-order valence-corrected chi connectivity index (χ3v) is 12.0. The van der Waals surface area contributed by atoms with Crippen LogP contribution in [0.5, 0.6) is 0 Å². The number of carbonyl (C=O) groups is 2. The van der Waals surface area contributed by atoms with Crippen molar-refractivity contribution in [2.24, 2.45) is 46.3 Å². The van der Waals surface area contributed by atoms with Crippen molar-refractivity contribution in [3.63, 3.8) is 0 Å². The van der Waals surface area contributed by atoms with E-state index >= 15 is 0 Å². The normalized spacial score (nSPS) is 42.7. The maximum atomic E-state index is 13.0. The zero-order valence-corrected chi connectivity index (χ0v) is 23.5. The summed E-state index contributed by atoms with van der Waals surface area (Å²) >= 11 is 0. The van der Waals surface area contributed by atoms with Gasteiger partial charge in [-0.1, -0.05) is 32.4 Å². The summed E-state index contributed by atoms with van der Waals surface area (Å²) in [7, 11) is 3.61. The standard InChI is InChI=1S/C31H50N2O3/c1-20(6-11-28(35)33-17-14-21(19-33)29(36)32(4)5)25-9-10-26-24-8-7-22-18-23(34)12-15-30(22,2)27(24)13-16-31(25,26)3/h7,20-21,23-27,34H,6,8-19H2,1-5H3/t20?,21?,23-,24-,25+,26-,27-,30-,31+/m0/s1. The molecule has 5 heteroatoms. The van der Waals surface area contributed by atoms with Crippen molar-refractivity contribution in [3.05, 3.63) is 11.6 Å². The van der Waals surface area contributed by atoms with Crippen LogP contribution in [0.2, 0.25) is 0 Å². The van der Waals surface area contributed by atoms with Gasteiger partial charge in [0, 0.05) is 33.6 Å². The molecule has 1 aliphatic heterocycles. The predicted octanol–water partition coefficient (Wildman–Crippen LogP) is 5.28. The first-order valence-corrected chi connectivity index (χ1v) is 14.9. The molecule has 1 heterocycles. The average Bonchev–Trinajstić information content (AvgIpc) is 3.47. The molecule has 2 amide bonds. The van der Waals surface area contributed by atoms with Crippen molar-refractivity contribution >= 4 is 11.8 Å². The molecule has 3 saturated carbocycles. The number of aliphatic hydroxyl groups excluding tert-OH is 1. The minimum atomic E-state index is -0.130. The van der Waals surface area contributed by atoms with Crippen LogP contribution < -0.4 is 0 Å². The number of likely N-dealkylation sites (tertiary alicyclic amines) is 1. The average molecular weight is 499 g/mol. The number of rotatable bonds is 5. The molecule has 0 aromatic rings. The Morgan fingerprint density at radius 3 is 2.64 bits per heavy atom. The van der Waals surface area contributed by atoms with E-state index in [4.69, 9.17) is 0 Å². The van der Waals surface area contributed by atoms with Crippen molar-refractivity contribution < 1.29 is 14.7 Å². The molecular formula is C31H50N2O3. The van der Waals surface area contributed by atoms with E-state index in [0.29, 0.717) is 35.6 Å². The first kappa shape index (κ1) is 26.3. The molecule has 1 saturated heterocycles. The molecule has 5 rings (SSSR count). The van der Waals surface area contributed by atoms with Gasteiger partial charge in [-0.25, -0.2) is 0 Å². The highest BCUT2D eigenvalue weighted by Crippen LogP contribution is 2.67. The SMILES string of the molecule is CC(CCC(=O)N1CCC(C(=O)N(C)C)C1)[C@H]1CC[C@H]2[C@@H]3CC=C4C[C@@H](O)CC[C@]4(C)[C@H]3CC[C@]12C. The fraction of sp³-hybridized carbons (Fsp3) is 0.871. The van der Waals surface area contributed by atoms with Gasteiger partial charge in [-0.05, 0) is 105 Å². The van der Waals surface area contributed by atoms with E-state index in [1.54, 1.807) is 24.6 Å². The summed E-state index contributed by atoms with van der Waals surface area (Å²) in [4.78, 5) is 28.9. The number of amides is 2. The molecule has 5 nitrogen and oxygen atoms in total. The van der Waals surface area contributed by atoms with Gasteiger partial charge in [0.15, 0.2) is 0 Å². The molecule has 2 unspecified atom stereocenters. The Bertz CT molecular complexity index is 898. The maximum absolute atomic E-state index is 13.0. The maximum Gasteiger partial charge on any atom is 0.227 e. The highest BCUT2D eigenvalue weighted by molar-refractivity contribution is 5.81. The molecule has 0 aromatic carbocycles. The zero-order chi connectivity index (χ0) is 25.8. The second-order valence-corrected chi connectivity index (χ2v) is 14.0. The fourth-order valence-electron chi connectivity index (χ4n) is 9.88. The number of fused-ring (bicyclic) bond motifs is 5. The van der Waals surface area contributed by atoms with E-state index in [9.17, 15) is 14.7 Å². The molecule has 0 aromatic heterocycles. The highest BCUT2D eigenvalue weighted by atomic mass is 16.3. The van der Waals surface area contributed by atoms with Gasteiger partial charge < -0.3 is 14.9 Å². The number of hydrogen-bond donors (Lipinski definition) is 1. The van der Waals surface area contributed by atoms with Gasteiger partial charge in [-0.15, -0.1) is 0 Å². The monoisotopic (exact) mass is 498 g/mol. The lowest BCUT2D eigenvalue weighted by Crippen LogP contribution is -2.50. The van der Waals surface area contributed by atoms with Gasteiger partial charge in [-0.3, -0.25) is 9.59 Å². The van der Waals surface area contributed by atoms with Crippen LogP contribution in [0.3, 0.4) is 0 Å². The Hall–Kier alpha value is -1.36. The lowest BCUT2D eigenvalue weighted by atomic mass is 9.47. The Morgan fingerprint density at radius 2 is 1.89 bits per heavy atom. The van der Waals surface area contributed by atoms with E-state index in [1.165, 1.54) is 32.1 Å². The second-order valence-electron chi connectivity index (χ2n) is 14.0. The number of aliphatic hydroxyl groups is 1. The van der Waals surface area contributed by atoms with Crippen molar-refractivity contribution in [3.8, 4) is 0 Å². The van der Waals surface area contributed by atoms with Crippen LogP contribution in [0.4, 0.5) is 0 Å². The largest absolute Gasteiger partial charge is 0.393 e. The van der Waals surface area contributed by atoms with Crippen LogP contribution in [0.15, 0.2) is 11.6 Å². The molecule has 0 radical (unpaired) electrons. The fourth-order valence-corrected chi connectivity index (χ4v) is 9.88. The minimum Gasteiger partial charge on any atom is -0.393 e. The summed E-state index contributed by atoms with van der Waals surface area (Å²) < 4.78 is 0. The van der Waals surface area contributed by atoms with Gasteiger partial charge in [-0.2, -0.15) is 0 Å². The van der Waals surface area contributed by atoms with Crippen molar-refractivity contribution in [2.45, 2.75) is 97.5 Å². The first-order chi connectivity index (χ1) is 17.0. The first-order valence-electron chi connectivity index (χ1n) is 14.9. The summed E-state index contributed by atoms with van der Waals surface area (Å²) in [5.74, 6) is 4.04. The molecule has 1 N–H and O–H groups in total. The summed E-state index contributed by atoms with van der Waals surface area (Å²) in [5, 5.41) is 10.3. The molecule has 4 fully saturated rings. The van der Waals surface area contributed by atoms with Gasteiger partial charge in [0.05, 0.1) is 12.0 Å². The smallest absolute Gasteiger partial charge is 0.227 e. The summed E-state index contributed by atoms with van der Waals surface area (Å²) in [5.41, 5.74) is 2.27. The molecule has 5 aliphatic rings. The van der Waals surface area contributed by atoms with Gasteiger partial charge in [0.1, 0.15) is 0 Å². The van der Waals surface area contributed by atoms with Crippen LogP contribution >= 0.6 is 0 Å². The van der Waals surface area contributed by atoms with Crippen LogP contribution in [0, 0.1) is 46.3 Å². The third-order valence-electron chi connectivity index (χ3n) is 12.0. The lowest BCUT2D eigenvalue weighted by molar-refractivity contribution is -0.133. The quantitative estimate of drug-likeness (QED) is 0.525. The van der Waals surface area contributed by atoms with Crippen molar-refractivity contribution in [1.29, 1.82) is 0 Å². The Balaban J connectivity index is 1.19. The Morgan fingerprint density at radius 1 is 1.11 bits per heavy atom. The molecule has 36 heavy (non-hydrogen) atoms. The number of carbonyl (C=O) groups excluding carboxylic acids is 2. The molecule has 9 atom stereocenters. The van der Waals surface area contributed by atoms with Crippen LogP contribution in [-0.4, -0.2) is 60.0 Å². The predicted molar refractivity (Wildman–Crippen MR) is 143 cm³/mol. The number of allylic oxidation sites excluding steroid dienone is 1. The van der Waals surface area contributed by atoms with E-state index in [1.807, 2.05) is 4.90 Å². The van der Waals surface area contributed by atoms with E-state index in [2.05, 4.69) is 26.8 Å². The van der Waals surface area contributed by atoms with Gasteiger partial charge in [0.25, 0.3) is 0 Å². The molecule has 0 spiro atoms. The highest BCUT2D eigenvalue weighted by Gasteiger charge is 2.59. The van der Waals surface area contributed by atoms with E-state index in [0.717, 1.165) is 56.4 Å². The molecule has 0 bridgehead atoms. The molecular weight excluding hydrogens is 448 g/mol.